The fraction of sp³-hybridized carbons (Fsp3) is 0.391. The van der Waals surface area contributed by atoms with Gasteiger partial charge >= 0.3 is 0 Å². The summed E-state index contributed by atoms with van der Waals surface area (Å²) in [5.41, 5.74) is 2.33. The van der Waals surface area contributed by atoms with Crippen LogP contribution in [-0.2, 0) is 14.9 Å². The van der Waals surface area contributed by atoms with Crippen molar-refractivity contribution in [1.82, 2.24) is 10.2 Å². The van der Waals surface area contributed by atoms with Crippen LogP contribution in [0.3, 0.4) is 0 Å². The number of rotatable bonds is 5. The fourth-order valence-corrected chi connectivity index (χ4v) is 4.26. The van der Waals surface area contributed by atoms with Crippen LogP contribution in [0.2, 0.25) is 0 Å². The Morgan fingerprint density at radius 3 is 2.62 bits per heavy atom. The highest BCUT2D eigenvalue weighted by molar-refractivity contribution is 6.07. The molecule has 1 N–H and O–H groups in total. The summed E-state index contributed by atoms with van der Waals surface area (Å²) in [6, 6.07) is 17.3. The van der Waals surface area contributed by atoms with Gasteiger partial charge in [-0.05, 0) is 44.3 Å². The fourth-order valence-electron chi connectivity index (χ4n) is 4.26. The Hall–Kier alpha value is -2.70. The molecule has 2 atom stereocenters. The van der Waals surface area contributed by atoms with E-state index in [9.17, 15) is 9.59 Å². The maximum atomic E-state index is 13.2. The molecule has 2 aromatic carbocycles. The van der Waals surface area contributed by atoms with Crippen LogP contribution in [0.15, 0.2) is 54.6 Å². The van der Waals surface area contributed by atoms with E-state index in [1.54, 1.807) is 0 Å². The maximum absolute atomic E-state index is 13.2. The summed E-state index contributed by atoms with van der Waals surface area (Å²) in [4.78, 5) is 29.6. The molecule has 0 radical (unpaired) electrons. The van der Waals surface area contributed by atoms with Crippen LogP contribution in [-0.4, -0.2) is 63.2 Å². The molecule has 2 unspecified atom stereocenters. The molecule has 6 heteroatoms. The average molecular weight is 393 g/mol. The molecule has 4 rings (SSSR count). The zero-order chi connectivity index (χ0) is 20.4. The summed E-state index contributed by atoms with van der Waals surface area (Å²) in [5, 5.41) is 2.96. The quantitative estimate of drug-likeness (QED) is 0.845. The first-order valence-electron chi connectivity index (χ1n) is 10.0. The van der Waals surface area contributed by atoms with Crippen LogP contribution in [0, 0.1) is 0 Å². The second-order valence-electron chi connectivity index (χ2n) is 8.15. The highest BCUT2D eigenvalue weighted by Gasteiger charge is 2.51. The molecule has 1 fully saturated rings. The Bertz CT molecular complexity index is 899. The number of carbonyl (C=O) groups is 2. The smallest absolute Gasteiger partial charge is 0.258 e. The Morgan fingerprint density at radius 1 is 1.14 bits per heavy atom. The van der Waals surface area contributed by atoms with Crippen molar-refractivity contribution >= 4 is 17.5 Å². The van der Waals surface area contributed by atoms with Gasteiger partial charge in [-0.3, -0.25) is 9.59 Å². The number of hydrogen-bond donors (Lipinski definition) is 1. The Balaban J connectivity index is 1.53. The second kappa shape index (κ2) is 7.97. The normalized spacial score (nSPS) is 22.9. The van der Waals surface area contributed by atoms with Crippen LogP contribution in [0.25, 0.3) is 0 Å². The number of nitrogens with zero attached hydrogens (tertiary/aromatic N) is 2. The number of likely N-dealkylation sites (N-methyl/N-ethyl adjacent to an activating group) is 1. The second-order valence-corrected chi connectivity index (χ2v) is 8.15. The van der Waals surface area contributed by atoms with E-state index in [1.807, 2.05) is 72.4 Å². The third kappa shape index (κ3) is 3.78. The molecule has 2 amide bonds. The summed E-state index contributed by atoms with van der Waals surface area (Å²) in [6.07, 6.45) is 0.0908. The van der Waals surface area contributed by atoms with E-state index in [4.69, 9.17) is 4.74 Å². The Morgan fingerprint density at radius 2 is 1.86 bits per heavy atom. The average Bonchev–Trinajstić information content (AvgIpc) is 3.31. The van der Waals surface area contributed by atoms with Crippen molar-refractivity contribution in [3.8, 4) is 0 Å². The number of ether oxygens (including phenoxy) is 1. The van der Waals surface area contributed by atoms with Crippen LogP contribution in [0.1, 0.15) is 22.3 Å². The molecule has 0 aliphatic carbocycles. The first-order chi connectivity index (χ1) is 14.0. The standard InChI is InChI=1S/C23H27N3O3/c1-25(2)13-12-24-21(27)20-14-23(16-29-20)15-26(19-11-7-6-10-18(19)23)22(28)17-8-4-3-5-9-17/h3-11,20H,12-16H2,1-2H3,(H,24,27). The minimum Gasteiger partial charge on any atom is -0.367 e. The van der Waals surface area contributed by atoms with Crippen molar-refractivity contribution in [1.29, 1.82) is 0 Å². The molecule has 1 spiro atoms. The van der Waals surface area contributed by atoms with Crippen LogP contribution >= 0.6 is 0 Å². The van der Waals surface area contributed by atoms with Gasteiger partial charge in [0.05, 0.1) is 6.61 Å². The van der Waals surface area contributed by atoms with Gasteiger partial charge in [0.2, 0.25) is 5.91 Å². The van der Waals surface area contributed by atoms with Crippen LogP contribution in [0.4, 0.5) is 5.69 Å². The van der Waals surface area contributed by atoms with Crippen molar-refractivity contribution in [2.24, 2.45) is 0 Å². The van der Waals surface area contributed by atoms with E-state index in [-0.39, 0.29) is 17.2 Å². The van der Waals surface area contributed by atoms with Gasteiger partial charge in [-0.25, -0.2) is 0 Å². The zero-order valence-corrected chi connectivity index (χ0v) is 16.9. The number of fused-ring (bicyclic) bond motifs is 2. The predicted molar refractivity (Wildman–Crippen MR) is 112 cm³/mol. The number of benzene rings is 2. The minimum atomic E-state index is -0.489. The molecule has 0 saturated carbocycles. The molecule has 152 valence electrons. The van der Waals surface area contributed by atoms with Gasteiger partial charge in [0.15, 0.2) is 0 Å². The number of hydrogen-bond acceptors (Lipinski definition) is 4. The Kier molecular flexibility index (Phi) is 5.39. The number of para-hydroxylation sites is 1. The lowest BCUT2D eigenvalue weighted by Crippen LogP contribution is -2.40. The summed E-state index contributed by atoms with van der Waals surface area (Å²) in [6.45, 7) is 2.34. The van der Waals surface area contributed by atoms with E-state index >= 15 is 0 Å². The lowest BCUT2D eigenvalue weighted by atomic mass is 9.80. The molecular weight excluding hydrogens is 366 g/mol. The molecule has 0 aromatic heterocycles. The highest BCUT2D eigenvalue weighted by atomic mass is 16.5. The number of nitrogens with one attached hydrogen (secondary N) is 1. The van der Waals surface area contributed by atoms with Crippen molar-refractivity contribution in [2.45, 2.75) is 17.9 Å². The number of anilines is 1. The molecule has 2 aliphatic heterocycles. The van der Waals surface area contributed by atoms with E-state index in [0.29, 0.717) is 31.7 Å². The Labute approximate surface area is 171 Å². The van der Waals surface area contributed by atoms with Gasteiger partial charge in [-0.15, -0.1) is 0 Å². The minimum absolute atomic E-state index is 0.0196. The first-order valence-corrected chi connectivity index (χ1v) is 10.0. The molecule has 2 heterocycles. The SMILES string of the molecule is CN(C)CCNC(=O)C1CC2(CO1)CN(C(=O)c1ccccc1)c1ccccc12. The van der Waals surface area contributed by atoms with Crippen molar-refractivity contribution in [3.05, 3.63) is 65.7 Å². The van der Waals surface area contributed by atoms with Crippen molar-refractivity contribution < 1.29 is 14.3 Å². The van der Waals surface area contributed by atoms with E-state index in [0.717, 1.165) is 17.8 Å². The van der Waals surface area contributed by atoms with E-state index in [1.165, 1.54) is 0 Å². The number of carbonyl (C=O) groups excluding carboxylic acids is 2. The summed E-state index contributed by atoms with van der Waals surface area (Å²) in [5.74, 6) is -0.0946. The summed E-state index contributed by atoms with van der Waals surface area (Å²) in [7, 11) is 3.95. The van der Waals surface area contributed by atoms with Crippen LogP contribution in [0.5, 0.6) is 0 Å². The third-order valence-corrected chi connectivity index (χ3v) is 5.78. The van der Waals surface area contributed by atoms with Crippen molar-refractivity contribution in [2.75, 3.05) is 45.2 Å². The number of amides is 2. The molecule has 2 aromatic rings. The lowest BCUT2D eigenvalue weighted by Gasteiger charge is -2.23. The monoisotopic (exact) mass is 393 g/mol. The maximum Gasteiger partial charge on any atom is 0.258 e. The van der Waals surface area contributed by atoms with Gasteiger partial charge in [0.1, 0.15) is 6.10 Å². The molecule has 2 aliphatic rings. The molecule has 0 bridgehead atoms. The van der Waals surface area contributed by atoms with E-state index in [2.05, 4.69) is 11.4 Å². The van der Waals surface area contributed by atoms with Gasteiger partial charge in [0.25, 0.3) is 5.91 Å². The summed E-state index contributed by atoms with van der Waals surface area (Å²) >= 11 is 0. The first kappa shape index (κ1) is 19.6. The van der Waals surface area contributed by atoms with Gasteiger partial charge in [-0.2, -0.15) is 0 Å². The highest BCUT2D eigenvalue weighted by Crippen LogP contribution is 2.47. The summed E-state index contributed by atoms with van der Waals surface area (Å²) < 4.78 is 5.94. The van der Waals surface area contributed by atoms with Crippen LogP contribution < -0.4 is 10.2 Å². The predicted octanol–water partition coefficient (Wildman–Crippen LogP) is 2.05. The van der Waals surface area contributed by atoms with Gasteiger partial charge in [-0.1, -0.05) is 36.4 Å². The van der Waals surface area contributed by atoms with Gasteiger partial charge < -0.3 is 19.9 Å². The van der Waals surface area contributed by atoms with Gasteiger partial charge in [0, 0.05) is 36.3 Å². The van der Waals surface area contributed by atoms with E-state index < -0.39 is 6.10 Å². The third-order valence-electron chi connectivity index (χ3n) is 5.78. The van der Waals surface area contributed by atoms with Crippen molar-refractivity contribution in [3.63, 3.8) is 0 Å². The zero-order valence-electron chi connectivity index (χ0n) is 16.9. The molecule has 29 heavy (non-hydrogen) atoms. The molecule has 6 nitrogen and oxygen atoms in total. The topological polar surface area (TPSA) is 61.9 Å². The molecule has 1 saturated heterocycles. The lowest BCUT2D eigenvalue weighted by molar-refractivity contribution is -0.130. The largest absolute Gasteiger partial charge is 0.367 e. The molecular formula is C23H27N3O3.